The van der Waals surface area contributed by atoms with Crippen LogP contribution in [0.5, 0.6) is 0 Å². The molecule has 1 aromatic rings. The van der Waals surface area contributed by atoms with Gasteiger partial charge in [-0.3, -0.25) is 14.6 Å². The Hall–Kier alpha value is -1.91. The smallest absolute Gasteiger partial charge is 0.248 e. The molecule has 0 atom stereocenters. The van der Waals surface area contributed by atoms with E-state index in [1.54, 1.807) is 6.07 Å². The molecule has 2 amide bonds. The van der Waals surface area contributed by atoms with Gasteiger partial charge < -0.3 is 11.1 Å². The molecule has 0 spiro atoms. The van der Waals surface area contributed by atoms with Crippen LogP contribution in [0.4, 0.5) is 0 Å². The number of carbonyl (C=O) groups is 2. The van der Waals surface area contributed by atoms with Crippen LogP contribution >= 0.6 is 0 Å². The van der Waals surface area contributed by atoms with E-state index in [1.807, 2.05) is 0 Å². The van der Waals surface area contributed by atoms with Crippen molar-refractivity contribution in [3.05, 3.63) is 29.6 Å². The Bertz CT molecular complexity index is 363. The third-order valence-corrected chi connectivity index (χ3v) is 1.62. The fourth-order valence-corrected chi connectivity index (χ4v) is 0.943. The van der Waals surface area contributed by atoms with Crippen molar-refractivity contribution in [3.63, 3.8) is 0 Å². The fraction of sp³-hybridized carbons (Fsp3) is 0.222. The number of carbonyl (C=O) groups excluding carboxylic acids is 2. The monoisotopic (exact) mass is 193 g/mol. The van der Waals surface area contributed by atoms with Crippen LogP contribution in [0.25, 0.3) is 0 Å². The minimum Gasteiger partial charge on any atom is -0.366 e. The fourth-order valence-electron chi connectivity index (χ4n) is 0.943. The maximum atomic E-state index is 10.8. The number of primary amides is 1. The summed E-state index contributed by atoms with van der Waals surface area (Å²) in [4.78, 5) is 25.4. The maximum absolute atomic E-state index is 10.8. The quantitative estimate of drug-likeness (QED) is 0.698. The Morgan fingerprint density at radius 3 is 2.86 bits per heavy atom. The molecule has 5 nitrogen and oxygen atoms in total. The second-order valence-electron chi connectivity index (χ2n) is 2.81. The molecule has 3 N–H and O–H groups in total. The number of hydrogen-bond acceptors (Lipinski definition) is 3. The van der Waals surface area contributed by atoms with E-state index >= 15 is 0 Å². The van der Waals surface area contributed by atoms with Gasteiger partial charge in [-0.2, -0.15) is 0 Å². The molecule has 5 heteroatoms. The first-order chi connectivity index (χ1) is 6.59. The van der Waals surface area contributed by atoms with E-state index in [1.165, 1.54) is 19.2 Å². The lowest BCUT2D eigenvalue weighted by atomic mass is 10.2. The molecule has 0 unspecified atom stereocenters. The number of nitrogens with one attached hydrogen (secondary N) is 1. The van der Waals surface area contributed by atoms with Crippen LogP contribution in [-0.4, -0.2) is 16.8 Å². The van der Waals surface area contributed by atoms with Gasteiger partial charge in [0.15, 0.2) is 0 Å². The second-order valence-corrected chi connectivity index (χ2v) is 2.81. The van der Waals surface area contributed by atoms with Crippen LogP contribution in [-0.2, 0) is 11.3 Å². The van der Waals surface area contributed by atoms with E-state index < -0.39 is 5.91 Å². The number of hydrogen-bond donors (Lipinski definition) is 2. The SMILES string of the molecule is CC(=O)NCc1cc(C(N)=O)ccn1. The number of aromatic nitrogens is 1. The molecular weight excluding hydrogens is 182 g/mol. The average molecular weight is 193 g/mol. The number of amides is 2. The lowest BCUT2D eigenvalue weighted by Crippen LogP contribution is -2.20. The van der Waals surface area contributed by atoms with E-state index in [9.17, 15) is 9.59 Å². The van der Waals surface area contributed by atoms with E-state index in [2.05, 4.69) is 10.3 Å². The molecule has 1 aromatic heterocycles. The van der Waals surface area contributed by atoms with Crippen LogP contribution in [0.15, 0.2) is 18.3 Å². The van der Waals surface area contributed by atoms with Gasteiger partial charge in [0.05, 0.1) is 12.2 Å². The summed E-state index contributed by atoms with van der Waals surface area (Å²) in [7, 11) is 0. The van der Waals surface area contributed by atoms with Crippen molar-refractivity contribution in [1.82, 2.24) is 10.3 Å². The highest BCUT2D eigenvalue weighted by atomic mass is 16.1. The van der Waals surface area contributed by atoms with E-state index in [4.69, 9.17) is 5.73 Å². The summed E-state index contributed by atoms with van der Waals surface area (Å²) < 4.78 is 0. The van der Waals surface area contributed by atoms with E-state index in [0.29, 0.717) is 17.8 Å². The third-order valence-electron chi connectivity index (χ3n) is 1.62. The van der Waals surface area contributed by atoms with Crippen LogP contribution < -0.4 is 11.1 Å². The van der Waals surface area contributed by atoms with Crippen molar-refractivity contribution in [2.24, 2.45) is 5.73 Å². The highest BCUT2D eigenvalue weighted by molar-refractivity contribution is 5.92. The minimum atomic E-state index is -0.503. The van der Waals surface area contributed by atoms with Crippen LogP contribution in [0, 0.1) is 0 Å². The van der Waals surface area contributed by atoms with Crippen molar-refractivity contribution in [2.45, 2.75) is 13.5 Å². The largest absolute Gasteiger partial charge is 0.366 e. The summed E-state index contributed by atoms with van der Waals surface area (Å²) in [6.45, 7) is 1.72. The highest BCUT2D eigenvalue weighted by Crippen LogP contribution is 2.00. The molecule has 0 aliphatic carbocycles. The zero-order valence-corrected chi connectivity index (χ0v) is 7.78. The third kappa shape index (κ3) is 2.85. The Kier molecular flexibility index (Phi) is 3.17. The lowest BCUT2D eigenvalue weighted by molar-refractivity contribution is -0.119. The Labute approximate surface area is 81.3 Å². The summed E-state index contributed by atoms with van der Waals surface area (Å²) >= 11 is 0. The molecular formula is C9H11N3O2. The van der Waals surface area contributed by atoms with Gasteiger partial charge in [-0.1, -0.05) is 0 Å². The van der Waals surface area contributed by atoms with Gasteiger partial charge in [-0.05, 0) is 12.1 Å². The highest BCUT2D eigenvalue weighted by Gasteiger charge is 2.02. The molecule has 0 bridgehead atoms. The molecule has 0 aliphatic heterocycles. The van der Waals surface area contributed by atoms with Crippen molar-refractivity contribution >= 4 is 11.8 Å². The average Bonchev–Trinajstić information content (AvgIpc) is 2.15. The molecule has 0 saturated heterocycles. The topological polar surface area (TPSA) is 85.1 Å². The predicted molar refractivity (Wildman–Crippen MR) is 50.3 cm³/mol. The summed E-state index contributed by atoms with van der Waals surface area (Å²) in [6, 6.07) is 3.08. The maximum Gasteiger partial charge on any atom is 0.248 e. The Morgan fingerprint density at radius 1 is 1.57 bits per heavy atom. The summed E-state index contributed by atoms with van der Waals surface area (Å²) in [5.41, 5.74) is 6.08. The summed E-state index contributed by atoms with van der Waals surface area (Å²) in [5, 5.41) is 2.57. The lowest BCUT2D eigenvalue weighted by Gasteiger charge is -2.02. The molecule has 0 aliphatic rings. The van der Waals surface area contributed by atoms with E-state index in [-0.39, 0.29) is 5.91 Å². The Balaban J connectivity index is 2.73. The molecule has 0 fully saturated rings. The van der Waals surface area contributed by atoms with Crippen LogP contribution in [0.2, 0.25) is 0 Å². The first-order valence-electron chi connectivity index (χ1n) is 4.09. The minimum absolute atomic E-state index is 0.142. The number of nitrogens with two attached hydrogens (primary N) is 1. The van der Waals surface area contributed by atoms with Gasteiger partial charge in [0, 0.05) is 18.7 Å². The Morgan fingerprint density at radius 2 is 2.29 bits per heavy atom. The number of rotatable bonds is 3. The molecule has 1 rings (SSSR count). The van der Waals surface area contributed by atoms with Crippen molar-refractivity contribution < 1.29 is 9.59 Å². The van der Waals surface area contributed by atoms with Gasteiger partial charge in [-0.25, -0.2) is 0 Å². The van der Waals surface area contributed by atoms with Gasteiger partial charge >= 0.3 is 0 Å². The second kappa shape index (κ2) is 4.36. The summed E-state index contributed by atoms with van der Waals surface area (Å²) in [5.74, 6) is -0.646. The zero-order chi connectivity index (χ0) is 10.6. The van der Waals surface area contributed by atoms with Gasteiger partial charge in [0.2, 0.25) is 11.8 Å². The van der Waals surface area contributed by atoms with Gasteiger partial charge in [0.1, 0.15) is 0 Å². The molecule has 14 heavy (non-hydrogen) atoms. The standard InChI is InChI=1S/C9H11N3O2/c1-6(13)12-5-8-4-7(9(10)14)2-3-11-8/h2-4H,5H2,1H3,(H2,10,14)(H,12,13). The molecule has 0 radical (unpaired) electrons. The first-order valence-corrected chi connectivity index (χ1v) is 4.09. The normalized spacial score (nSPS) is 9.50. The van der Waals surface area contributed by atoms with Crippen molar-refractivity contribution in [1.29, 1.82) is 0 Å². The van der Waals surface area contributed by atoms with Crippen LogP contribution in [0.3, 0.4) is 0 Å². The van der Waals surface area contributed by atoms with Crippen molar-refractivity contribution in [2.75, 3.05) is 0 Å². The molecule has 1 heterocycles. The molecule has 74 valence electrons. The van der Waals surface area contributed by atoms with Gasteiger partial charge in [-0.15, -0.1) is 0 Å². The van der Waals surface area contributed by atoms with Gasteiger partial charge in [0.25, 0.3) is 0 Å². The van der Waals surface area contributed by atoms with E-state index in [0.717, 1.165) is 0 Å². The van der Waals surface area contributed by atoms with Crippen LogP contribution in [0.1, 0.15) is 23.0 Å². The predicted octanol–water partition coefficient (Wildman–Crippen LogP) is -0.183. The van der Waals surface area contributed by atoms with Crippen molar-refractivity contribution in [3.8, 4) is 0 Å². The molecule has 0 saturated carbocycles. The number of pyridine rings is 1. The molecule has 0 aromatic carbocycles. The zero-order valence-electron chi connectivity index (χ0n) is 7.78. The summed E-state index contributed by atoms with van der Waals surface area (Å²) in [6.07, 6.45) is 1.48. The number of nitrogens with zero attached hydrogens (tertiary/aromatic N) is 1. The first kappa shape index (κ1) is 10.2.